The van der Waals surface area contributed by atoms with Gasteiger partial charge >= 0.3 is 23.9 Å². The van der Waals surface area contributed by atoms with Gasteiger partial charge in [0.2, 0.25) is 5.60 Å². The largest absolute Gasteiger partial charge is 0.462 e. The first-order valence-corrected chi connectivity index (χ1v) is 20.6. The Hall–Kier alpha value is -2.61. The third kappa shape index (κ3) is 4.75. The Kier molecular flexibility index (Phi) is 8.71. The van der Waals surface area contributed by atoms with Gasteiger partial charge in [0.15, 0.2) is 0 Å². The van der Waals surface area contributed by atoms with E-state index >= 15 is 0 Å². The molecule has 3 heterocycles. The fraction of sp³-hybridized carbons (Fsp3) is 0.881. The number of hydrogen-bond donors (Lipinski definition) is 2. The minimum absolute atomic E-state index is 0.0141. The third-order valence-electron chi connectivity index (χ3n) is 16.6. The molecule has 13 heteroatoms. The van der Waals surface area contributed by atoms with Crippen LogP contribution in [0.3, 0.4) is 0 Å². The molecule has 8 fully saturated rings. The minimum atomic E-state index is -1.86. The number of esters is 4. The summed E-state index contributed by atoms with van der Waals surface area (Å²) in [6.45, 7) is 19.8. The fourth-order valence-corrected chi connectivity index (χ4v) is 14.5. The van der Waals surface area contributed by atoms with Crippen molar-refractivity contribution in [3.63, 3.8) is 0 Å². The van der Waals surface area contributed by atoms with Crippen molar-refractivity contribution in [2.75, 3.05) is 0 Å². The number of aliphatic hydroxyl groups excluding tert-OH is 2. The van der Waals surface area contributed by atoms with E-state index in [9.17, 15) is 34.2 Å². The highest BCUT2D eigenvalue weighted by Gasteiger charge is 2.93. The molecule has 3 saturated heterocycles. The van der Waals surface area contributed by atoms with Crippen LogP contribution in [0.2, 0.25) is 0 Å². The lowest BCUT2D eigenvalue weighted by Gasteiger charge is -2.66. The predicted octanol–water partition coefficient (Wildman–Crippen LogP) is 3.77. The molecule has 0 amide bonds. The Balaban J connectivity index is 1.33. The number of Topliss-reactive ketones (excluding diaryl/α,β-unsaturated/α-hetero) is 1. The molecule has 0 bridgehead atoms. The smallest absolute Gasteiger partial charge is 0.353 e. The maximum Gasteiger partial charge on any atom is 0.353 e. The van der Waals surface area contributed by atoms with E-state index in [-0.39, 0.29) is 54.9 Å². The number of rotatable bonds is 8. The topological polar surface area (TPSA) is 188 Å². The summed E-state index contributed by atoms with van der Waals surface area (Å²) in [5, 5.41) is 25.6. The van der Waals surface area contributed by atoms with Gasteiger partial charge in [-0.3, -0.25) is 19.2 Å². The Labute approximate surface area is 323 Å². The number of carbonyl (C=O) groups excluding carboxylic acids is 5. The number of carbonyl (C=O) groups is 5. The van der Waals surface area contributed by atoms with Crippen LogP contribution < -0.4 is 0 Å². The second kappa shape index (κ2) is 12.2. The molecule has 2 N–H and O–H groups in total. The summed E-state index contributed by atoms with van der Waals surface area (Å²) in [4.78, 5) is 68.9. The number of hydrogen-bond acceptors (Lipinski definition) is 13. The number of aliphatic hydroxyl groups is 2. The van der Waals surface area contributed by atoms with Gasteiger partial charge in [-0.25, -0.2) is 4.79 Å². The van der Waals surface area contributed by atoms with Gasteiger partial charge in [0.1, 0.15) is 30.2 Å². The molecule has 5 aliphatic carbocycles. The Morgan fingerprint density at radius 2 is 1.49 bits per heavy atom. The van der Waals surface area contributed by atoms with E-state index in [0.29, 0.717) is 6.42 Å². The van der Waals surface area contributed by atoms with Crippen LogP contribution in [0.5, 0.6) is 0 Å². The van der Waals surface area contributed by atoms with Gasteiger partial charge in [0.05, 0.1) is 29.1 Å². The summed E-state index contributed by atoms with van der Waals surface area (Å²) in [6, 6.07) is 0. The highest BCUT2D eigenvalue weighted by Crippen LogP contribution is 2.81. The van der Waals surface area contributed by atoms with Gasteiger partial charge in [-0.1, -0.05) is 48.5 Å². The van der Waals surface area contributed by atoms with Crippen LogP contribution in [-0.4, -0.2) is 94.0 Å². The quantitative estimate of drug-likeness (QED) is 0.206. The molecule has 20 atom stereocenters. The van der Waals surface area contributed by atoms with Crippen molar-refractivity contribution in [2.24, 2.45) is 75.4 Å². The molecule has 5 saturated carbocycles. The molecule has 0 aromatic rings. The zero-order chi connectivity index (χ0) is 40.3. The third-order valence-corrected chi connectivity index (χ3v) is 16.6. The average Bonchev–Trinajstić information content (AvgIpc) is 3.97. The van der Waals surface area contributed by atoms with Crippen molar-refractivity contribution in [2.45, 2.75) is 156 Å². The zero-order valence-corrected chi connectivity index (χ0v) is 34.0. The standard InChI is InChI=1S/C42H60O13/c1-16(2)12-26(45)52-33-18(5)22-14-24-34(51-24)35(48)41(22,20(7)43)23-15-25(50-21(8)44)38(9)29-19(6)36-42(54-36)39(10,31(29)32(47)30(38)28(23)33)40(11,37(49)55-42)53-27(46)13-17(3)4/h16-19,22-25,28-36,47-48H,12-15H2,1-11H3/t18-,19-,22+,23?,24-,25-,28?,29-,30+,31-,32+,33-,34-,35-,36+,38+,39-,40+,41-,42-/m0/s1. The first-order chi connectivity index (χ1) is 25.5. The van der Waals surface area contributed by atoms with Crippen molar-refractivity contribution < 1.29 is 62.6 Å². The van der Waals surface area contributed by atoms with E-state index in [2.05, 4.69) is 0 Å². The van der Waals surface area contributed by atoms with Gasteiger partial charge in [0.25, 0.3) is 5.79 Å². The van der Waals surface area contributed by atoms with Crippen LogP contribution in [0.25, 0.3) is 0 Å². The van der Waals surface area contributed by atoms with E-state index in [0.717, 1.165) is 0 Å². The molecule has 306 valence electrons. The van der Waals surface area contributed by atoms with Crippen LogP contribution in [-0.2, 0) is 52.4 Å². The summed E-state index contributed by atoms with van der Waals surface area (Å²) in [5.74, 6) is -8.57. The summed E-state index contributed by atoms with van der Waals surface area (Å²) >= 11 is 0. The monoisotopic (exact) mass is 772 g/mol. The molecular weight excluding hydrogens is 712 g/mol. The van der Waals surface area contributed by atoms with Crippen molar-refractivity contribution in [3.05, 3.63) is 0 Å². The maximum atomic E-state index is 14.4. The lowest BCUT2D eigenvalue weighted by atomic mass is 9.39. The van der Waals surface area contributed by atoms with E-state index in [4.69, 9.17) is 28.4 Å². The average molecular weight is 773 g/mol. The molecule has 55 heavy (non-hydrogen) atoms. The van der Waals surface area contributed by atoms with Crippen LogP contribution >= 0.6 is 0 Å². The Morgan fingerprint density at radius 3 is 2.09 bits per heavy atom. The second-order valence-electron chi connectivity index (χ2n) is 20.0. The normalized spacial score (nSPS) is 53.7. The first kappa shape index (κ1) is 39.2. The molecule has 0 aromatic heterocycles. The van der Waals surface area contributed by atoms with Crippen molar-refractivity contribution in [1.82, 2.24) is 0 Å². The summed E-state index contributed by atoms with van der Waals surface area (Å²) in [7, 11) is 0. The maximum absolute atomic E-state index is 14.4. The number of ketones is 1. The second-order valence-corrected chi connectivity index (χ2v) is 20.0. The molecular formula is C42H60O13. The van der Waals surface area contributed by atoms with Crippen molar-refractivity contribution in [3.8, 4) is 0 Å². The van der Waals surface area contributed by atoms with E-state index in [1.54, 1.807) is 13.8 Å². The van der Waals surface area contributed by atoms with Crippen LogP contribution in [0.1, 0.15) is 102 Å². The summed E-state index contributed by atoms with van der Waals surface area (Å²) < 4.78 is 37.6. The molecule has 8 aliphatic rings. The summed E-state index contributed by atoms with van der Waals surface area (Å²) in [6.07, 6.45) is -4.52. The highest BCUT2D eigenvalue weighted by molar-refractivity contribution is 5.88. The van der Waals surface area contributed by atoms with Gasteiger partial charge < -0.3 is 38.6 Å². The zero-order valence-electron chi connectivity index (χ0n) is 34.0. The Morgan fingerprint density at radius 1 is 0.855 bits per heavy atom. The SMILES string of the molecule is CC(=O)O[C@H]1CC2C([C@@H](OC(=O)CC(C)C)[C@@H](C)[C@H]3C[C@@H]4O[C@@H]4[C@H](O)[C@]23C(C)=O)[C@@H]2[C@@H](O)[C@@H]3[C@H]([C@H](C)[C@H]4O[C@]45OC(=O)[C@@](C)(OC(=O)CC(C)C)[C@]35C)[C@@]12C. The molecule has 0 aromatic carbocycles. The van der Waals surface area contributed by atoms with E-state index < -0.39 is 124 Å². The number of fused-ring (bicyclic) bond motifs is 9. The lowest BCUT2D eigenvalue weighted by molar-refractivity contribution is -0.254. The minimum Gasteiger partial charge on any atom is -0.462 e. The van der Waals surface area contributed by atoms with Gasteiger partial charge in [-0.2, -0.15) is 0 Å². The van der Waals surface area contributed by atoms with Crippen molar-refractivity contribution >= 4 is 29.7 Å². The summed E-state index contributed by atoms with van der Waals surface area (Å²) in [5.41, 5.74) is -5.64. The molecule has 0 radical (unpaired) electrons. The van der Waals surface area contributed by atoms with Crippen molar-refractivity contribution in [1.29, 1.82) is 0 Å². The van der Waals surface area contributed by atoms with Gasteiger partial charge in [0, 0.05) is 42.9 Å². The van der Waals surface area contributed by atoms with Gasteiger partial charge in [-0.15, -0.1) is 0 Å². The van der Waals surface area contributed by atoms with E-state index in [1.165, 1.54) is 13.8 Å². The fourth-order valence-electron chi connectivity index (χ4n) is 14.5. The molecule has 13 nitrogen and oxygen atoms in total. The lowest BCUT2D eigenvalue weighted by Crippen LogP contribution is -2.72. The van der Waals surface area contributed by atoms with Crippen LogP contribution in [0.15, 0.2) is 0 Å². The molecule has 8 rings (SSSR count). The first-order valence-electron chi connectivity index (χ1n) is 20.6. The predicted molar refractivity (Wildman–Crippen MR) is 191 cm³/mol. The molecule has 3 aliphatic heterocycles. The number of ether oxygens (including phenoxy) is 6. The molecule has 1 spiro atoms. The molecule has 2 unspecified atom stereocenters. The Bertz CT molecular complexity index is 1690. The highest BCUT2D eigenvalue weighted by atomic mass is 16.8. The van der Waals surface area contributed by atoms with Gasteiger partial charge in [-0.05, 0) is 75.0 Å². The number of epoxide rings is 2. The van der Waals surface area contributed by atoms with Crippen LogP contribution in [0, 0.1) is 75.4 Å². The van der Waals surface area contributed by atoms with E-state index in [1.807, 2.05) is 48.5 Å². The van der Waals surface area contributed by atoms with Crippen LogP contribution in [0.4, 0.5) is 0 Å².